The zero-order valence-electron chi connectivity index (χ0n) is 11.9. The number of carbonyl (C=O) groups excluding carboxylic acids is 1. The van der Waals surface area contributed by atoms with E-state index in [1.54, 1.807) is 13.2 Å². The summed E-state index contributed by atoms with van der Waals surface area (Å²) in [5.74, 6) is 0.589. The molecule has 0 aliphatic carbocycles. The molecule has 2 aromatic rings. The molecule has 110 valence electrons. The summed E-state index contributed by atoms with van der Waals surface area (Å²) in [5, 5.41) is 0. The molecular weight excluding hydrogens is 314 g/mol. The van der Waals surface area contributed by atoms with Crippen molar-refractivity contribution in [2.24, 2.45) is 0 Å². The van der Waals surface area contributed by atoms with Gasteiger partial charge < -0.3 is 4.74 Å². The molecule has 0 atom stereocenters. The maximum Gasteiger partial charge on any atom is 0.270 e. The first-order chi connectivity index (χ1) is 10.7. The summed E-state index contributed by atoms with van der Waals surface area (Å²) in [6.45, 7) is 0. The Morgan fingerprint density at radius 2 is 1.91 bits per heavy atom. The fraction of sp³-hybridized carbons (Fsp3) is 0.0588. The highest BCUT2D eigenvalue weighted by atomic mass is 32.2. The lowest BCUT2D eigenvalue weighted by Gasteiger charge is -2.15. The van der Waals surface area contributed by atoms with Crippen molar-refractivity contribution < 1.29 is 9.53 Å². The number of benzene rings is 2. The third-order valence-corrected chi connectivity index (χ3v) is 4.50. The summed E-state index contributed by atoms with van der Waals surface area (Å²) in [6.07, 6.45) is 1.86. The molecule has 1 fully saturated rings. The lowest BCUT2D eigenvalue weighted by Crippen LogP contribution is -2.27. The summed E-state index contributed by atoms with van der Waals surface area (Å²) in [7, 11) is 1.60. The SMILES string of the molecule is COc1cccc(N2C(=O)/C(=C/c3ccccc3)SC2=S)c1. The Morgan fingerprint density at radius 3 is 2.64 bits per heavy atom. The number of rotatable bonds is 3. The van der Waals surface area contributed by atoms with E-state index in [9.17, 15) is 4.79 Å². The Balaban J connectivity index is 1.93. The number of ether oxygens (including phenoxy) is 1. The van der Waals surface area contributed by atoms with Crippen molar-refractivity contribution >= 4 is 46.0 Å². The van der Waals surface area contributed by atoms with Crippen LogP contribution in [0.4, 0.5) is 5.69 Å². The van der Waals surface area contributed by atoms with Gasteiger partial charge in [0.25, 0.3) is 5.91 Å². The topological polar surface area (TPSA) is 29.5 Å². The van der Waals surface area contributed by atoms with Crippen LogP contribution in [0.2, 0.25) is 0 Å². The van der Waals surface area contributed by atoms with Gasteiger partial charge in [-0.05, 0) is 23.8 Å². The largest absolute Gasteiger partial charge is 0.497 e. The average Bonchev–Trinajstić information content (AvgIpc) is 2.82. The molecule has 5 heteroatoms. The molecule has 3 rings (SSSR count). The smallest absolute Gasteiger partial charge is 0.270 e. The van der Waals surface area contributed by atoms with E-state index in [0.29, 0.717) is 15.0 Å². The normalized spacial score (nSPS) is 16.4. The van der Waals surface area contributed by atoms with Crippen molar-refractivity contribution in [2.75, 3.05) is 12.0 Å². The van der Waals surface area contributed by atoms with Gasteiger partial charge in [0.1, 0.15) is 5.75 Å². The maximum atomic E-state index is 12.6. The number of amides is 1. The highest BCUT2D eigenvalue weighted by molar-refractivity contribution is 8.27. The van der Waals surface area contributed by atoms with Crippen molar-refractivity contribution in [1.29, 1.82) is 0 Å². The Labute approximate surface area is 138 Å². The average molecular weight is 327 g/mol. The maximum absolute atomic E-state index is 12.6. The van der Waals surface area contributed by atoms with Gasteiger partial charge in [0.15, 0.2) is 4.32 Å². The van der Waals surface area contributed by atoms with E-state index < -0.39 is 0 Å². The lowest BCUT2D eigenvalue weighted by molar-refractivity contribution is -0.113. The number of hydrogen-bond donors (Lipinski definition) is 0. The van der Waals surface area contributed by atoms with Gasteiger partial charge in [0, 0.05) is 6.07 Å². The third-order valence-electron chi connectivity index (χ3n) is 3.20. The van der Waals surface area contributed by atoms with E-state index in [4.69, 9.17) is 17.0 Å². The monoisotopic (exact) mass is 327 g/mol. The quantitative estimate of drug-likeness (QED) is 0.627. The minimum atomic E-state index is -0.105. The fourth-order valence-electron chi connectivity index (χ4n) is 2.14. The molecule has 0 aromatic heterocycles. The molecule has 0 radical (unpaired) electrons. The van der Waals surface area contributed by atoms with Gasteiger partial charge >= 0.3 is 0 Å². The van der Waals surface area contributed by atoms with E-state index in [-0.39, 0.29) is 5.91 Å². The first kappa shape index (κ1) is 14.8. The van der Waals surface area contributed by atoms with E-state index in [1.807, 2.05) is 54.6 Å². The van der Waals surface area contributed by atoms with Crippen LogP contribution in [0.25, 0.3) is 6.08 Å². The summed E-state index contributed by atoms with van der Waals surface area (Å²) >= 11 is 6.67. The Bertz CT molecular complexity index is 756. The van der Waals surface area contributed by atoms with Gasteiger partial charge in [-0.1, -0.05) is 60.4 Å². The number of nitrogens with zero attached hydrogens (tertiary/aromatic N) is 1. The molecule has 0 spiro atoms. The van der Waals surface area contributed by atoms with Crippen molar-refractivity contribution in [3.05, 3.63) is 65.1 Å². The van der Waals surface area contributed by atoms with E-state index in [2.05, 4.69) is 0 Å². The molecule has 0 N–H and O–H groups in total. The van der Waals surface area contributed by atoms with Crippen LogP contribution >= 0.6 is 24.0 Å². The first-order valence-electron chi connectivity index (χ1n) is 6.66. The number of thiocarbonyl (C=S) groups is 1. The van der Waals surface area contributed by atoms with Crippen LogP contribution in [0, 0.1) is 0 Å². The highest BCUT2D eigenvalue weighted by Gasteiger charge is 2.33. The molecule has 22 heavy (non-hydrogen) atoms. The Morgan fingerprint density at radius 1 is 1.14 bits per heavy atom. The van der Waals surface area contributed by atoms with Crippen LogP contribution in [0.5, 0.6) is 5.75 Å². The van der Waals surface area contributed by atoms with Crippen molar-refractivity contribution in [1.82, 2.24) is 0 Å². The number of thioether (sulfide) groups is 1. The molecule has 1 saturated heterocycles. The molecule has 1 aliphatic heterocycles. The summed E-state index contributed by atoms with van der Waals surface area (Å²) in [5.41, 5.74) is 1.70. The van der Waals surface area contributed by atoms with Crippen molar-refractivity contribution in [2.45, 2.75) is 0 Å². The zero-order chi connectivity index (χ0) is 15.5. The molecule has 1 heterocycles. The lowest BCUT2D eigenvalue weighted by atomic mass is 10.2. The second-order valence-corrected chi connectivity index (χ2v) is 6.31. The summed E-state index contributed by atoms with van der Waals surface area (Å²) < 4.78 is 5.73. The van der Waals surface area contributed by atoms with Gasteiger partial charge in [-0.25, -0.2) is 0 Å². The van der Waals surface area contributed by atoms with E-state index >= 15 is 0 Å². The Kier molecular flexibility index (Phi) is 4.27. The van der Waals surface area contributed by atoms with Crippen LogP contribution < -0.4 is 9.64 Å². The van der Waals surface area contributed by atoms with Gasteiger partial charge in [0.05, 0.1) is 17.7 Å². The van der Waals surface area contributed by atoms with Crippen LogP contribution in [0.3, 0.4) is 0 Å². The second kappa shape index (κ2) is 6.34. The second-order valence-electron chi connectivity index (χ2n) is 4.63. The number of hydrogen-bond acceptors (Lipinski definition) is 4. The third kappa shape index (κ3) is 2.91. The standard InChI is InChI=1S/C17H13NO2S2/c1-20-14-9-5-8-13(11-14)18-16(19)15(22-17(18)21)10-12-6-3-2-4-7-12/h2-11H,1H3/b15-10-. The van der Waals surface area contributed by atoms with Crippen LogP contribution in [-0.2, 0) is 4.79 Å². The zero-order valence-corrected chi connectivity index (χ0v) is 13.5. The summed E-state index contributed by atoms with van der Waals surface area (Å²) in [6, 6.07) is 17.1. The van der Waals surface area contributed by atoms with Gasteiger partial charge in [-0.15, -0.1) is 0 Å². The number of anilines is 1. The minimum Gasteiger partial charge on any atom is -0.497 e. The van der Waals surface area contributed by atoms with Crippen LogP contribution in [0.15, 0.2) is 59.5 Å². The van der Waals surface area contributed by atoms with Crippen molar-refractivity contribution in [3.8, 4) is 5.75 Å². The highest BCUT2D eigenvalue weighted by Crippen LogP contribution is 2.36. The van der Waals surface area contributed by atoms with Gasteiger partial charge in [-0.3, -0.25) is 9.69 Å². The molecule has 0 saturated carbocycles. The molecule has 0 unspecified atom stereocenters. The minimum absolute atomic E-state index is 0.105. The Hall–Kier alpha value is -2.11. The predicted molar refractivity (Wildman–Crippen MR) is 95.1 cm³/mol. The fourth-order valence-corrected chi connectivity index (χ4v) is 3.44. The van der Waals surface area contributed by atoms with Crippen LogP contribution in [0.1, 0.15) is 5.56 Å². The molecule has 0 bridgehead atoms. The van der Waals surface area contributed by atoms with E-state index in [0.717, 1.165) is 11.3 Å². The molecule has 1 amide bonds. The number of carbonyl (C=O) groups is 1. The van der Waals surface area contributed by atoms with Gasteiger partial charge in [0.2, 0.25) is 0 Å². The predicted octanol–water partition coefficient (Wildman–Crippen LogP) is 4.10. The van der Waals surface area contributed by atoms with Gasteiger partial charge in [-0.2, -0.15) is 0 Å². The molecule has 2 aromatic carbocycles. The molecule has 3 nitrogen and oxygen atoms in total. The molecular formula is C17H13NO2S2. The van der Waals surface area contributed by atoms with E-state index in [1.165, 1.54) is 16.7 Å². The van der Waals surface area contributed by atoms with Crippen LogP contribution in [-0.4, -0.2) is 17.3 Å². The summed E-state index contributed by atoms with van der Waals surface area (Å²) in [4.78, 5) is 14.8. The first-order valence-corrected chi connectivity index (χ1v) is 7.88. The van der Waals surface area contributed by atoms with Crippen molar-refractivity contribution in [3.63, 3.8) is 0 Å². The number of methoxy groups -OCH3 is 1. The molecule has 1 aliphatic rings.